The Kier molecular flexibility index (Phi) is 5.78. The summed E-state index contributed by atoms with van der Waals surface area (Å²) in [7, 11) is 1.56. The zero-order chi connectivity index (χ0) is 17.5. The van der Waals surface area contributed by atoms with Gasteiger partial charge in [0.2, 0.25) is 0 Å². The Morgan fingerprint density at radius 3 is 2.12 bits per heavy atom. The lowest BCUT2D eigenvalue weighted by Gasteiger charge is -2.12. The van der Waals surface area contributed by atoms with E-state index in [4.69, 9.17) is 14.9 Å². The zero-order valence-electron chi connectivity index (χ0n) is 13.9. The molecule has 2 aromatic rings. The van der Waals surface area contributed by atoms with Crippen LogP contribution in [-0.2, 0) is 0 Å². The van der Waals surface area contributed by atoms with Crippen molar-refractivity contribution in [1.82, 2.24) is 5.32 Å². The average molecular weight is 327 g/mol. The van der Waals surface area contributed by atoms with Gasteiger partial charge < -0.3 is 14.8 Å². The normalized spacial score (nSPS) is 10.2. The number of benzene rings is 2. The van der Waals surface area contributed by atoms with Crippen LogP contribution in [0.15, 0.2) is 48.5 Å². The monoisotopic (exact) mass is 327 g/mol. The summed E-state index contributed by atoms with van der Waals surface area (Å²) in [5.41, 5.74) is 1.13. The van der Waals surface area contributed by atoms with E-state index in [-0.39, 0.29) is 18.0 Å². The van der Waals surface area contributed by atoms with Crippen molar-refractivity contribution in [3.05, 3.63) is 54.1 Å². The van der Waals surface area contributed by atoms with Crippen LogP contribution >= 0.6 is 0 Å². The first-order chi connectivity index (χ1) is 11.5. The topological polar surface area (TPSA) is 83.4 Å². The van der Waals surface area contributed by atoms with Gasteiger partial charge in [0.05, 0.1) is 13.2 Å². The summed E-state index contributed by atoms with van der Waals surface area (Å²) in [5, 5.41) is 13.2. The second kappa shape index (κ2) is 8.01. The standard InChI is InChI=1S/C18H21N3O3/c1-12(2)24-16-10-6-14(7-11-16)20-18(19)21-17(22)13-4-8-15(23-3)9-5-13/h4-12H,1-3H3,(H3,19,20,21,22). The Morgan fingerprint density at radius 2 is 1.58 bits per heavy atom. The highest BCUT2D eigenvalue weighted by Crippen LogP contribution is 2.17. The van der Waals surface area contributed by atoms with Crippen LogP contribution in [0.4, 0.5) is 5.69 Å². The number of hydrogen-bond acceptors (Lipinski definition) is 4. The Morgan fingerprint density at radius 1 is 1.00 bits per heavy atom. The van der Waals surface area contributed by atoms with Crippen LogP contribution in [0.3, 0.4) is 0 Å². The lowest BCUT2D eigenvalue weighted by atomic mass is 10.2. The molecule has 0 heterocycles. The van der Waals surface area contributed by atoms with Crippen molar-refractivity contribution in [2.24, 2.45) is 0 Å². The Balaban J connectivity index is 1.91. The summed E-state index contributed by atoms with van der Waals surface area (Å²) >= 11 is 0. The predicted molar refractivity (Wildman–Crippen MR) is 94.0 cm³/mol. The maximum Gasteiger partial charge on any atom is 0.257 e. The summed E-state index contributed by atoms with van der Waals surface area (Å²) in [6, 6.07) is 13.8. The van der Waals surface area contributed by atoms with Crippen LogP contribution in [0.25, 0.3) is 0 Å². The van der Waals surface area contributed by atoms with Gasteiger partial charge in [0.15, 0.2) is 5.96 Å². The van der Waals surface area contributed by atoms with Crippen LogP contribution in [0, 0.1) is 5.41 Å². The molecule has 0 atom stereocenters. The lowest BCUT2D eigenvalue weighted by molar-refractivity contribution is 0.0977. The maximum atomic E-state index is 12.1. The van der Waals surface area contributed by atoms with Gasteiger partial charge in [0.1, 0.15) is 11.5 Å². The fraction of sp³-hybridized carbons (Fsp3) is 0.222. The second-order valence-electron chi connectivity index (χ2n) is 5.37. The van der Waals surface area contributed by atoms with Crippen molar-refractivity contribution < 1.29 is 14.3 Å². The number of anilines is 1. The second-order valence-corrected chi connectivity index (χ2v) is 5.37. The van der Waals surface area contributed by atoms with Crippen molar-refractivity contribution in [3.8, 4) is 11.5 Å². The smallest absolute Gasteiger partial charge is 0.257 e. The van der Waals surface area contributed by atoms with Gasteiger partial charge in [-0.3, -0.25) is 15.5 Å². The minimum Gasteiger partial charge on any atom is -0.497 e. The Bertz CT molecular complexity index is 694. The van der Waals surface area contributed by atoms with E-state index in [2.05, 4.69) is 10.6 Å². The average Bonchev–Trinajstić information content (AvgIpc) is 2.56. The first-order valence-electron chi connectivity index (χ1n) is 7.55. The van der Waals surface area contributed by atoms with Crippen LogP contribution < -0.4 is 20.1 Å². The molecule has 126 valence electrons. The quantitative estimate of drug-likeness (QED) is 0.581. The molecule has 0 aromatic heterocycles. The number of hydrogen-bond donors (Lipinski definition) is 3. The van der Waals surface area contributed by atoms with Gasteiger partial charge in [-0.25, -0.2) is 0 Å². The number of carbonyl (C=O) groups excluding carboxylic acids is 1. The van der Waals surface area contributed by atoms with Crippen LogP contribution in [0.2, 0.25) is 0 Å². The van der Waals surface area contributed by atoms with Crippen molar-refractivity contribution in [2.45, 2.75) is 20.0 Å². The number of amides is 1. The summed E-state index contributed by atoms with van der Waals surface area (Å²) in [6.07, 6.45) is 0.103. The van der Waals surface area contributed by atoms with Crippen molar-refractivity contribution >= 4 is 17.6 Å². The number of nitrogens with one attached hydrogen (secondary N) is 3. The van der Waals surface area contributed by atoms with Gasteiger partial charge in [-0.15, -0.1) is 0 Å². The number of carbonyl (C=O) groups is 1. The van der Waals surface area contributed by atoms with Crippen LogP contribution in [0.1, 0.15) is 24.2 Å². The van der Waals surface area contributed by atoms with E-state index in [9.17, 15) is 4.79 Å². The largest absolute Gasteiger partial charge is 0.497 e. The van der Waals surface area contributed by atoms with Crippen molar-refractivity contribution in [1.29, 1.82) is 5.41 Å². The van der Waals surface area contributed by atoms with Gasteiger partial charge in [-0.2, -0.15) is 0 Å². The molecule has 2 rings (SSSR count). The van der Waals surface area contributed by atoms with E-state index in [1.807, 2.05) is 13.8 Å². The lowest BCUT2D eigenvalue weighted by Crippen LogP contribution is -2.34. The molecule has 0 aliphatic carbocycles. The number of guanidine groups is 1. The van der Waals surface area contributed by atoms with Crippen molar-refractivity contribution in [3.63, 3.8) is 0 Å². The minimum atomic E-state index is -0.366. The van der Waals surface area contributed by atoms with Gasteiger partial charge >= 0.3 is 0 Å². The number of rotatable bonds is 5. The fourth-order valence-electron chi connectivity index (χ4n) is 1.99. The SMILES string of the molecule is COc1ccc(C(=O)NC(=N)Nc2ccc(OC(C)C)cc2)cc1. The van der Waals surface area contributed by atoms with Crippen LogP contribution in [-0.4, -0.2) is 25.1 Å². The first-order valence-corrected chi connectivity index (χ1v) is 7.55. The summed E-state index contributed by atoms with van der Waals surface area (Å²) < 4.78 is 10.6. The van der Waals surface area contributed by atoms with Crippen LogP contribution in [0.5, 0.6) is 11.5 Å². The first kappa shape index (κ1) is 17.3. The molecule has 3 N–H and O–H groups in total. The number of ether oxygens (including phenoxy) is 2. The van der Waals surface area contributed by atoms with Gasteiger partial charge in [0, 0.05) is 11.3 Å². The predicted octanol–water partition coefficient (Wildman–Crippen LogP) is 3.26. The zero-order valence-corrected chi connectivity index (χ0v) is 13.9. The maximum absolute atomic E-state index is 12.1. The third-order valence-corrected chi connectivity index (χ3v) is 3.09. The highest BCUT2D eigenvalue weighted by atomic mass is 16.5. The van der Waals surface area contributed by atoms with E-state index in [0.29, 0.717) is 17.0 Å². The van der Waals surface area contributed by atoms with Gasteiger partial charge in [-0.1, -0.05) is 0 Å². The Labute approximate surface area is 141 Å². The van der Waals surface area contributed by atoms with E-state index >= 15 is 0 Å². The molecule has 0 unspecified atom stereocenters. The third kappa shape index (κ3) is 5.01. The number of methoxy groups -OCH3 is 1. The van der Waals surface area contributed by atoms with Crippen molar-refractivity contribution in [2.75, 3.05) is 12.4 Å². The molecular formula is C18H21N3O3. The molecule has 0 radical (unpaired) electrons. The summed E-state index contributed by atoms with van der Waals surface area (Å²) in [6.45, 7) is 3.91. The molecule has 0 bridgehead atoms. The molecule has 0 spiro atoms. The molecular weight excluding hydrogens is 306 g/mol. The van der Waals surface area contributed by atoms with Gasteiger partial charge in [0.25, 0.3) is 5.91 Å². The minimum absolute atomic E-state index is 0.103. The summed E-state index contributed by atoms with van der Waals surface area (Å²) in [4.78, 5) is 12.1. The highest BCUT2D eigenvalue weighted by molar-refractivity contribution is 6.08. The summed E-state index contributed by atoms with van der Waals surface area (Å²) in [5.74, 6) is 0.955. The fourth-order valence-corrected chi connectivity index (χ4v) is 1.99. The molecule has 6 nitrogen and oxygen atoms in total. The molecule has 1 amide bonds. The Hall–Kier alpha value is -3.02. The molecule has 0 aliphatic rings. The highest BCUT2D eigenvalue weighted by Gasteiger charge is 2.08. The van der Waals surface area contributed by atoms with E-state index < -0.39 is 0 Å². The molecule has 6 heteroatoms. The molecule has 24 heavy (non-hydrogen) atoms. The third-order valence-electron chi connectivity index (χ3n) is 3.09. The van der Waals surface area contributed by atoms with E-state index in [1.54, 1.807) is 55.6 Å². The molecule has 0 fully saturated rings. The molecule has 2 aromatic carbocycles. The molecule has 0 saturated heterocycles. The van der Waals surface area contributed by atoms with E-state index in [0.717, 1.165) is 5.75 Å². The van der Waals surface area contributed by atoms with Gasteiger partial charge in [-0.05, 0) is 62.4 Å². The molecule has 0 aliphatic heterocycles. The molecule has 0 saturated carbocycles. The van der Waals surface area contributed by atoms with E-state index in [1.165, 1.54) is 0 Å².